The molecule has 5 heterocycles. The van der Waals surface area contributed by atoms with E-state index in [9.17, 15) is 9.59 Å². The van der Waals surface area contributed by atoms with Crippen LogP contribution in [0.25, 0.3) is 11.7 Å². The first-order valence-electron chi connectivity index (χ1n) is 10.2. The van der Waals surface area contributed by atoms with Gasteiger partial charge in [-0.3, -0.25) is 18.9 Å². The molecule has 0 radical (unpaired) electrons. The van der Waals surface area contributed by atoms with E-state index in [2.05, 4.69) is 10.3 Å². The molecule has 2 saturated heterocycles. The molecule has 2 aliphatic rings. The van der Waals surface area contributed by atoms with Crippen molar-refractivity contribution in [2.75, 3.05) is 18.5 Å². The Labute approximate surface area is 193 Å². The predicted octanol–water partition coefficient (Wildman–Crippen LogP) is 3.28. The third-order valence-corrected chi connectivity index (χ3v) is 6.71. The van der Waals surface area contributed by atoms with Gasteiger partial charge in [0.2, 0.25) is 0 Å². The van der Waals surface area contributed by atoms with Gasteiger partial charge in [-0.05, 0) is 43.2 Å². The van der Waals surface area contributed by atoms with Crippen LogP contribution in [-0.2, 0) is 16.1 Å². The van der Waals surface area contributed by atoms with Crippen LogP contribution in [0.15, 0.2) is 56.9 Å². The maximum absolute atomic E-state index is 13.3. The summed E-state index contributed by atoms with van der Waals surface area (Å²) in [5, 5.41) is 3.26. The molecular weight excluding hydrogens is 448 g/mol. The molecule has 2 aliphatic heterocycles. The molecule has 0 aliphatic carbocycles. The topological polar surface area (TPSA) is 89.1 Å². The summed E-state index contributed by atoms with van der Waals surface area (Å²) < 4.78 is 12.9. The zero-order valence-electron chi connectivity index (χ0n) is 17.0. The van der Waals surface area contributed by atoms with Gasteiger partial charge >= 0.3 is 0 Å². The monoisotopic (exact) mass is 468 g/mol. The number of pyridine rings is 1. The van der Waals surface area contributed by atoms with E-state index in [1.165, 1.54) is 9.30 Å². The normalized spacial score (nSPS) is 20.1. The first-order chi connectivity index (χ1) is 15.6. The van der Waals surface area contributed by atoms with E-state index >= 15 is 0 Å². The van der Waals surface area contributed by atoms with Gasteiger partial charge in [0.15, 0.2) is 0 Å². The van der Waals surface area contributed by atoms with Gasteiger partial charge in [0.05, 0.1) is 29.4 Å². The van der Waals surface area contributed by atoms with E-state index in [1.807, 2.05) is 6.07 Å². The molecule has 0 bridgehead atoms. The predicted molar refractivity (Wildman–Crippen MR) is 126 cm³/mol. The number of carbonyl (C=O) groups excluding carboxylic acids is 1. The summed E-state index contributed by atoms with van der Waals surface area (Å²) in [4.78, 5) is 32.8. The lowest BCUT2D eigenvalue weighted by atomic mass is 10.2. The minimum absolute atomic E-state index is 0.0744. The van der Waals surface area contributed by atoms with Gasteiger partial charge in [0.1, 0.15) is 21.5 Å². The standard InChI is InChI=1S/C22H20N4O4S2/c27-20-16(11-17-21(28)26(22(31)32-17)13-15-6-4-10-30-15)19(23-12-14-5-3-9-29-14)24-18-7-1-2-8-25(18)20/h1-2,4,6-8,10-11,14,23H,3,5,9,12-13H2/b17-11+. The number of thioether (sulfide) groups is 1. The fourth-order valence-corrected chi connectivity index (χ4v) is 4.95. The maximum Gasteiger partial charge on any atom is 0.267 e. The summed E-state index contributed by atoms with van der Waals surface area (Å²) in [6, 6.07) is 8.91. The third-order valence-electron chi connectivity index (χ3n) is 5.33. The quantitative estimate of drug-likeness (QED) is 0.436. The number of hydrogen-bond donors (Lipinski definition) is 1. The van der Waals surface area contributed by atoms with Crippen molar-refractivity contribution in [3.63, 3.8) is 0 Å². The van der Waals surface area contributed by atoms with Crippen molar-refractivity contribution in [3.8, 4) is 0 Å². The van der Waals surface area contributed by atoms with Crippen molar-refractivity contribution in [3.05, 3.63) is 69.4 Å². The van der Waals surface area contributed by atoms with Crippen LogP contribution in [0.4, 0.5) is 5.82 Å². The minimum Gasteiger partial charge on any atom is -0.467 e. The Morgan fingerprint density at radius 1 is 1.28 bits per heavy atom. The average Bonchev–Trinajstić information content (AvgIpc) is 3.55. The Kier molecular flexibility index (Phi) is 5.81. The van der Waals surface area contributed by atoms with E-state index in [0.29, 0.717) is 38.6 Å². The molecule has 0 saturated carbocycles. The third kappa shape index (κ3) is 4.08. The van der Waals surface area contributed by atoms with Crippen molar-refractivity contribution in [2.24, 2.45) is 0 Å². The summed E-state index contributed by atoms with van der Waals surface area (Å²) in [7, 11) is 0. The van der Waals surface area contributed by atoms with Gasteiger partial charge in [0.25, 0.3) is 11.5 Å². The van der Waals surface area contributed by atoms with Crippen molar-refractivity contribution in [2.45, 2.75) is 25.5 Å². The Morgan fingerprint density at radius 3 is 2.97 bits per heavy atom. The number of furan rings is 1. The number of nitrogens with one attached hydrogen (secondary N) is 1. The van der Waals surface area contributed by atoms with Crippen molar-refractivity contribution in [1.29, 1.82) is 0 Å². The smallest absolute Gasteiger partial charge is 0.267 e. The summed E-state index contributed by atoms with van der Waals surface area (Å²) in [6.07, 6.45) is 6.84. The van der Waals surface area contributed by atoms with Crippen LogP contribution in [0.2, 0.25) is 0 Å². The number of aromatic nitrogens is 2. The molecule has 2 fully saturated rings. The number of thiocarbonyl (C=S) groups is 1. The number of nitrogens with zero attached hydrogens (tertiary/aromatic N) is 3. The highest BCUT2D eigenvalue weighted by molar-refractivity contribution is 8.26. The number of ether oxygens (including phenoxy) is 1. The largest absolute Gasteiger partial charge is 0.467 e. The van der Waals surface area contributed by atoms with Crippen LogP contribution >= 0.6 is 24.0 Å². The second-order valence-electron chi connectivity index (χ2n) is 7.47. The average molecular weight is 469 g/mol. The summed E-state index contributed by atoms with van der Waals surface area (Å²) in [6.45, 7) is 1.52. The van der Waals surface area contributed by atoms with Crippen molar-refractivity contribution < 1.29 is 13.9 Å². The molecule has 5 rings (SSSR count). The van der Waals surface area contributed by atoms with Gasteiger partial charge < -0.3 is 14.5 Å². The molecule has 164 valence electrons. The molecular formula is C22H20N4O4S2. The second-order valence-corrected chi connectivity index (χ2v) is 9.15. The second kappa shape index (κ2) is 8.89. The molecule has 1 N–H and O–H groups in total. The van der Waals surface area contributed by atoms with Crippen LogP contribution in [0, 0.1) is 0 Å². The SMILES string of the molecule is O=C1/C(=C\c2c(NCC3CCCO3)nc3ccccn3c2=O)SC(=S)N1Cc1ccco1. The first-order valence-corrected chi connectivity index (χ1v) is 11.5. The lowest BCUT2D eigenvalue weighted by Gasteiger charge is -2.14. The van der Waals surface area contributed by atoms with E-state index in [4.69, 9.17) is 21.4 Å². The summed E-state index contributed by atoms with van der Waals surface area (Å²) >= 11 is 6.57. The van der Waals surface area contributed by atoms with E-state index < -0.39 is 0 Å². The zero-order valence-corrected chi connectivity index (χ0v) is 18.7. The summed E-state index contributed by atoms with van der Waals surface area (Å²) in [5.74, 6) is 0.793. The molecule has 1 atom stereocenters. The van der Waals surface area contributed by atoms with Gasteiger partial charge in [0, 0.05) is 19.3 Å². The molecule has 1 unspecified atom stereocenters. The van der Waals surface area contributed by atoms with Gasteiger partial charge in [-0.25, -0.2) is 4.98 Å². The molecule has 32 heavy (non-hydrogen) atoms. The Hall–Kier alpha value is -2.95. The number of fused-ring (bicyclic) bond motifs is 1. The Morgan fingerprint density at radius 2 is 2.19 bits per heavy atom. The molecule has 0 aromatic carbocycles. The van der Waals surface area contributed by atoms with Crippen LogP contribution in [0.1, 0.15) is 24.2 Å². The summed E-state index contributed by atoms with van der Waals surface area (Å²) in [5.41, 5.74) is 0.571. The minimum atomic E-state index is -0.265. The van der Waals surface area contributed by atoms with Gasteiger partial charge in [-0.1, -0.05) is 30.0 Å². The fraction of sp³-hybridized carbons (Fsp3) is 0.273. The zero-order chi connectivity index (χ0) is 22.1. The van der Waals surface area contributed by atoms with Gasteiger partial charge in [-0.15, -0.1) is 0 Å². The van der Waals surface area contributed by atoms with E-state index in [0.717, 1.165) is 31.2 Å². The van der Waals surface area contributed by atoms with Crippen LogP contribution in [-0.4, -0.2) is 43.8 Å². The number of hydrogen-bond acceptors (Lipinski definition) is 8. The molecule has 3 aromatic heterocycles. The molecule has 1 amide bonds. The van der Waals surface area contributed by atoms with Crippen LogP contribution in [0.5, 0.6) is 0 Å². The van der Waals surface area contributed by atoms with Crippen LogP contribution in [0.3, 0.4) is 0 Å². The lowest BCUT2D eigenvalue weighted by Crippen LogP contribution is -2.27. The number of anilines is 1. The van der Waals surface area contributed by atoms with Gasteiger partial charge in [-0.2, -0.15) is 0 Å². The van der Waals surface area contributed by atoms with Crippen LogP contribution < -0.4 is 10.9 Å². The Bertz CT molecular complexity index is 1260. The van der Waals surface area contributed by atoms with E-state index in [-0.39, 0.29) is 24.1 Å². The number of amides is 1. The Balaban J connectivity index is 1.50. The lowest BCUT2D eigenvalue weighted by molar-refractivity contribution is -0.122. The molecule has 8 nitrogen and oxygen atoms in total. The highest BCUT2D eigenvalue weighted by Crippen LogP contribution is 2.34. The number of carbonyl (C=O) groups is 1. The van der Waals surface area contributed by atoms with Crippen molar-refractivity contribution >= 4 is 51.7 Å². The molecule has 3 aromatic rings. The highest BCUT2D eigenvalue weighted by Gasteiger charge is 2.33. The first kappa shape index (κ1) is 20.9. The van der Waals surface area contributed by atoms with E-state index in [1.54, 1.807) is 42.8 Å². The number of rotatable bonds is 6. The highest BCUT2D eigenvalue weighted by atomic mass is 32.2. The molecule has 10 heteroatoms. The maximum atomic E-state index is 13.3. The van der Waals surface area contributed by atoms with Crippen molar-refractivity contribution in [1.82, 2.24) is 14.3 Å². The molecule has 0 spiro atoms. The fourth-order valence-electron chi connectivity index (χ4n) is 3.71.